The van der Waals surface area contributed by atoms with Crippen molar-refractivity contribution in [3.63, 3.8) is 0 Å². The second-order valence-electron chi connectivity index (χ2n) is 3.95. The van der Waals surface area contributed by atoms with Crippen LogP contribution in [-0.2, 0) is 6.42 Å². The number of halogens is 2. The third-order valence-corrected chi connectivity index (χ3v) is 4.36. The molecule has 0 aliphatic rings. The van der Waals surface area contributed by atoms with Gasteiger partial charge in [0.2, 0.25) is 0 Å². The number of aromatic nitrogens is 1. The first kappa shape index (κ1) is 13.4. The van der Waals surface area contributed by atoms with Crippen molar-refractivity contribution in [2.45, 2.75) is 20.3 Å². The van der Waals surface area contributed by atoms with Crippen molar-refractivity contribution in [3.8, 4) is 0 Å². The van der Waals surface area contributed by atoms with Gasteiger partial charge in [0.15, 0.2) is 5.78 Å². The average molecular weight is 328 g/mol. The smallest absolute Gasteiger partial charge is 0.173 e. The van der Waals surface area contributed by atoms with Gasteiger partial charge in [0.25, 0.3) is 0 Å². The molecule has 18 heavy (non-hydrogen) atoms. The fourth-order valence-corrected chi connectivity index (χ4v) is 3.10. The maximum atomic E-state index is 13.6. The van der Waals surface area contributed by atoms with Gasteiger partial charge in [0.1, 0.15) is 10.8 Å². The Labute approximate surface area is 117 Å². The van der Waals surface area contributed by atoms with Gasteiger partial charge in [-0.05, 0) is 41.9 Å². The molecule has 1 aromatic heterocycles. The molecule has 2 nitrogen and oxygen atoms in total. The summed E-state index contributed by atoms with van der Waals surface area (Å²) in [4.78, 5) is 17.5. The molecule has 1 heterocycles. The zero-order chi connectivity index (χ0) is 13.3. The molecule has 0 atom stereocenters. The minimum absolute atomic E-state index is 0.100. The Hall–Kier alpha value is -1.07. The summed E-state index contributed by atoms with van der Waals surface area (Å²) in [6.45, 7) is 3.86. The third kappa shape index (κ3) is 2.67. The van der Waals surface area contributed by atoms with Crippen molar-refractivity contribution in [1.82, 2.24) is 4.98 Å². The molecule has 0 aliphatic carbocycles. The van der Waals surface area contributed by atoms with Crippen LogP contribution in [0.25, 0.3) is 0 Å². The molecule has 0 saturated carbocycles. The summed E-state index contributed by atoms with van der Waals surface area (Å²) in [7, 11) is 0. The van der Waals surface area contributed by atoms with Crippen molar-refractivity contribution in [2.75, 3.05) is 0 Å². The van der Waals surface area contributed by atoms with Gasteiger partial charge in [-0.3, -0.25) is 4.79 Å². The Balaban J connectivity index is 2.27. The van der Waals surface area contributed by atoms with E-state index in [1.54, 1.807) is 12.1 Å². The van der Waals surface area contributed by atoms with E-state index in [1.807, 2.05) is 13.8 Å². The zero-order valence-corrected chi connectivity index (χ0v) is 12.4. The van der Waals surface area contributed by atoms with Gasteiger partial charge < -0.3 is 0 Å². The van der Waals surface area contributed by atoms with Crippen molar-refractivity contribution in [3.05, 3.63) is 49.6 Å². The molecule has 0 aliphatic heterocycles. The van der Waals surface area contributed by atoms with Crippen molar-refractivity contribution in [1.29, 1.82) is 0 Å². The van der Waals surface area contributed by atoms with Crippen LogP contribution in [0.1, 0.15) is 25.9 Å². The summed E-state index contributed by atoms with van der Waals surface area (Å²) in [5.41, 5.74) is 1.03. The fourth-order valence-electron chi connectivity index (χ4n) is 1.60. The number of carbonyl (C=O) groups excluding carboxylic acids is 1. The number of hydrogen-bond acceptors (Lipinski definition) is 3. The van der Waals surface area contributed by atoms with Gasteiger partial charge in [0, 0.05) is 9.35 Å². The molecule has 5 heteroatoms. The number of Topliss-reactive ketones (excluding diaryl/α,β-unsaturated/α-hetero) is 1. The number of benzene rings is 1. The highest BCUT2D eigenvalue weighted by Gasteiger charge is 2.17. The lowest BCUT2D eigenvalue weighted by atomic mass is 10.1. The monoisotopic (exact) mass is 327 g/mol. The third-order valence-electron chi connectivity index (χ3n) is 2.63. The van der Waals surface area contributed by atoms with Gasteiger partial charge in [-0.15, -0.1) is 11.3 Å². The predicted molar refractivity (Wildman–Crippen MR) is 73.7 cm³/mol. The number of nitrogens with zero attached hydrogens (tertiary/aromatic N) is 1. The topological polar surface area (TPSA) is 30.0 Å². The molecular formula is C13H11BrFNOS. The Morgan fingerprint density at radius 2 is 2.17 bits per heavy atom. The molecule has 94 valence electrons. The minimum atomic E-state index is -0.501. The minimum Gasteiger partial charge on any atom is -0.294 e. The van der Waals surface area contributed by atoms with Gasteiger partial charge in [0.05, 0.1) is 17.7 Å². The van der Waals surface area contributed by atoms with E-state index in [0.717, 1.165) is 15.6 Å². The van der Waals surface area contributed by atoms with Gasteiger partial charge >= 0.3 is 0 Å². The van der Waals surface area contributed by atoms with E-state index in [-0.39, 0.29) is 17.8 Å². The molecular weight excluding hydrogens is 317 g/mol. The Morgan fingerprint density at radius 1 is 1.44 bits per heavy atom. The molecule has 2 rings (SSSR count). The molecule has 0 radical (unpaired) electrons. The molecule has 1 aromatic carbocycles. The van der Waals surface area contributed by atoms with E-state index < -0.39 is 5.82 Å². The number of rotatable bonds is 3. The van der Waals surface area contributed by atoms with Crippen LogP contribution in [0.3, 0.4) is 0 Å². The van der Waals surface area contributed by atoms with Crippen LogP contribution in [-0.4, -0.2) is 10.8 Å². The highest BCUT2D eigenvalue weighted by molar-refractivity contribution is 9.10. The van der Waals surface area contributed by atoms with E-state index in [0.29, 0.717) is 4.47 Å². The van der Waals surface area contributed by atoms with Crippen molar-refractivity contribution >= 4 is 33.0 Å². The average Bonchev–Trinajstić information content (AvgIpc) is 2.57. The molecule has 0 saturated heterocycles. The van der Waals surface area contributed by atoms with Crippen LogP contribution < -0.4 is 0 Å². The lowest BCUT2D eigenvalue weighted by molar-refractivity contribution is 0.0988. The Bertz CT molecular complexity index is 569. The summed E-state index contributed by atoms with van der Waals surface area (Å²) >= 11 is 4.68. The van der Waals surface area contributed by atoms with Gasteiger partial charge in [-0.1, -0.05) is 6.07 Å². The highest BCUT2D eigenvalue weighted by Crippen LogP contribution is 2.23. The molecule has 0 fully saturated rings. The molecule has 0 N–H and O–H groups in total. The number of hydrogen-bond donors (Lipinski definition) is 0. The van der Waals surface area contributed by atoms with Crippen LogP contribution in [0.2, 0.25) is 0 Å². The maximum absolute atomic E-state index is 13.6. The summed E-state index contributed by atoms with van der Waals surface area (Å²) in [6, 6.07) is 4.51. The summed E-state index contributed by atoms with van der Waals surface area (Å²) in [5.74, 6) is -0.756. The maximum Gasteiger partial charge on any atom is 0.173 e. The molecule has 0 bridgehead atoms. The van der Waals surface area contributed by atoms with Crippen LogP contribution >= 0.6 is 27.3 Å². The highest BCUT2D eigenvalue weighted by atomic mass is 79.9. The molecule has 0 amide bonds. The molecule has 0 unspecified atom stereocenters. The van der Waals surface area contributed by atoms with Gasteiger partial charge in [-0.2, -0.15) is 0 Å². The van der Waals surface area contributed by atoms with Crippen LogP contribution in [0, 0.1) is 19.7 Å². The SMILES string of the molecule is Cc1nc(CC(=O)c2c(F)cccc2Br)sc1C. The molecule has 0 spiro atoms. The standard InChI is InChI=1S/C13H11BrFNOS/c1-7-8(2)18-12(16-7)6-11(17)13-9(14)4-3-5-10(13)15/h3-5H,6H2,1-2H3. The Kier molecular flexibility index (Phi) is 3.92. The van der Waals surface area contributed by atoms with Crippen LogP contribution in [0.4, 0.5) is 4.39 Å². The van der Waals surface area contributed by atoms with E-state index in [2.05, 4.69) is 20.9 Å². The number of thiazole rings is 1. The molecule has 2 aromatic rings. The first-order chi connectivity index (χ1) is 8.49. The fraction of sp³-hybridized carbons (Fsp3) is 0.231. The quantitative estimate of drug-likeness (QED) is 0.795. The van der Waals surface area contributed by atoms with Crippen LogP contribution in [0.5, 0.6) is 0 Å². The zero-order valence-electron chi connectivity index (χ0n) is 9.96. The number of carbonyl (C=O) groups is 1. The summed E-state index contributed by atoms with van der Waals surface area (Å²) < 4.78 is 14.1. The summed E-state index contributed by atoms with van der Waals surface area (Å²) in [6.07, 6.45) is 0.138. The second-order valence-corrected chi connectivity index (χ2v) is 6.09. The first-order valence-corrected chi connectivity index (χ1v) is 7.00. The first-order valence-electron chi connectivity index (χ1n) is 5.39. The number of ketones is 1. The summed E-state index contributed by atoms with van der Waals surface area (Å²) in [5, 5.41) is 0.727. The van der Waals surface area contributed by atoms with E-state index in [1.165, 1.54) is 17.4 Å². The second kappa shape index (κ2) is 5.28. The predicted octanol–water partition coefficient (Wildman–Crippen LogP) is 4.09. The van der Waals surface area contributed by atoms with Gasteiger partial charge in [-0.25, -0.2) is 9.37 Å². The van der Waals surface area contributed by atoms with Crippen LogP contribution in [0.15, 0.2) is 22.7 Å². The lowest BCUT2D eigenvalue weighted by Gasteiger charge is -2.03. The van der Waals surface area contributed by atoms with E-state index in [4.69, 9.17) is 0 Å². The number of aryl methyl sites for hydroxylation is 2. The van der Waals surface area contributed by atoms with E-state index in [9.17, 15) is 9.18 Å². The largest absolute Gasteiger partial charge is 0.294 e. The lowest BCUT2D eigenvalue weighted by Crippen LogP contribution is -2.07. The van der Waals surface area contributed by atoms with Crippen molar-refractivity contribution in [2.24, 2.45) is 0 Å². The van der Waals surface area contributed by atoms with Crippen molar-refractivity contribution < 1.29 is 9.18 Å². The Morgan fingerprint density at radius 3 is 2.72 bits per heavy atom. The van der Waals surface area contributed by atoms with E-state index >= 15 is 0 Å². The normalized spacial score (nSPS) is 10.7.